The molecule has 3 fully saturated rings. The third kappa shape index (κ3) is 1.10. The molecule has 0 spiro atoms. The van der Waals surface area contributed by atoms with E-state index in [1.807, 2.05) is 0 Å². The van der Waals surface area contributed by atoms with E-state index in [1.165, 1.54) is 19.3 Å². The molecule has 9 heavy (non-hydrogen) atoms. The Morgan fingerprint density at radius 1 is 1.22 bits per heavy atom. The third-order valence-corrected chi connectivity index (χ3v) is 2.03. The van der Waals surface area contributed by atoms with Crippen LogP contribution in [0.1, 0.15) is 19.3 Å². The molecule has 3 aliphatic heterocycles. The van der Waals surface area contributed by atoms with Crippen molar-refractivity contribution in [3.05, 3.63) is 0 Å². The van der Waals surface area contributed by atoms with Crippen LogP contribution in [-0.4, -0.2) is 25.4 Å². The van der Waals surface area contributed by atoms with Gasteiger partial charge in [0.1, 0.15) is 0 Å². The molecule has 0 aromatic rings. The van der Waals surface area contributed by atoms with Crippen LogP contribution in [0.4, 0.5) is 0 Å². The number of ether oxygens (including phenoxy) is 2. The lowest BCUT2D eigenvalue weighted by Gasteiger charge is -2.37. The molecule has 3 saturated heterocycles. The molecule has 3 rings (SSSR count). The van der Waals surface area contributed by atoms with Gasteiger partial charge in [-0.25, -0.2) is 0 Å². The van der Waals surface area contributed by atoms with E-state index in [4.69, 9.17) is 9.47 Å². The largest absolute Gasteiger partial charge is 0.379 e. The zero-order valence-corrected chi connectivity index (χ0v) is 5.51. The zero-order valence-electron chi connectivity index (χ0n) is 5.51. The molecular weight excluding hydrogens is 116 g/mol. The molecule has 2 unspecified atom stereocenters. The van der Waals surface area contributed by atoms with Crippen molar-refractivity contribution in [2.45, 2.75) is 31.5 Å². The van der Waals surface area contributed by atoms with Gasteiger partial charge < -0.3 is 9.47 Å². The Labute approximate surface area is 55.1 Å². The molecule has 0 aliphatic carbocycles. The maximum atomic E-state index is 5.46. The summed E-state index contributed by atoms with van der Waals surface area (Å²) in [5, 5.41) is 0. The second-order valence-electron chi connectivity index (χ2n) is 2.83. The Morgan fingerprint density at radius 3 is 3.00 bits per heavy atom. The first kappa shape index (κ1) is 5.69. The van der Waals surface area contributed by atoms with Crippen LogP contribution in [-0.2, 0) is 9.47 Å². The summed E-state index contributed by atoms with van der Waals surface area (Å²) in [7, 11) is 0. The van der Waals surface area contributed by atoms with Gasteiger partial charge in [0.25, 0.3) is 0 Å². The lowest BCUT2D eigenvalue weighted by Crippen LogP contribution is -2.42. The van der Waals surface area contributed by atoms with Crippen LogP contribution in [0.2, 0.25) is 0 Å². The highest BCUT2D eigenvalue weighted by Gasteiger charge is 2.30. The number of hydrogen-bond acceptors (Lipinski definition) is 2. The summed E-state index contributed by atoms with van der Waals surface area (Å²) in [6, 6.07) is 0. The van der Waals surface area contributed by atoms with Crippen LogP contribution >= 0.6 is 0 Å². The minimum atomic E-state index is 0.440. The van der Waals surface area contributed by atoms with Crippen molar-refractivity contribution in [1.82, 2.24) is 0 Å². The standard InChI is InChI=1S/C7H12O2/c1-2-6-4-7(9-6)5-8-3-1/h6-7H,1-5H2. The average molecular weight is 128 g/mol. The van der Waals surface area contributed by atoms with E-state index >= 15 is 0 Å². The number of rotatable bonds is 0. The first-order valence-corrected chi connectivity index (χ1v) is 3.68. The molecule has 2 nitrogen and oxygen atoms in total. The summed E-state index contributed by atoms with van der Waals surface area (Å²) in [4.78, 5) is 0. The van der Waals surface area contributed by atoms with Gasteiger partial charge in [-0.2, -0.15) is 0 Å². The Morgan fingerprint density at radius 2 is 2.11 bits per heavy atom. The van der Waals surface area contributed by atoms with Crippen LogP contribution < -0.4 is 0 Å². The van der Waals surface area contributed by atoms with Gasteiger partial charge in [0.05, 0.1) is 18.8 Å². The van der Waals surface area contributed by atoms with Gasteiger partial charge >= 0.3 is 0 Å². The van der Waals surface area contributed by atoms with Crippen LogP contribution in [0.5, 0.6) is 0 Å². The van der Waals surface area contributed by atoms with Crippen molar-refractivity contribution in [1.29, 1.82) is 0 Å². The highest BCUT2D eigenvalue weighted by Crippen LogP contribution is 2.26. The highest BCUT2D eigenvalue weighted by atomic mass is 16.6. The smallest absolute Gasteiger partial charge is 0.0836 e. The van der Waals surface area contributed by atoms with Crippen molar-refractivity contribution in [3.63, 3.8) is 0 Å². The van der Waals surface area contributed by atoms with Crippen molar-refractivity contribution in [2.75, 3.05) is 13.2 Å². The monoisotopic (exact) mass is 128 g/mol. The van der Waals surface area contributed by atoms with Crippen molar-refractivity contribution >= 4 is 0 Å². The van der Waals surface area contributed by atoms with E-state index in [0.29, 0.717) is 12.2 Å². The first-order chi connectivity index (χ1) is 4.45. The maximum absolute atomic E-state index is 5.46. The molecule has 0 aromatic carbocycles. The Kier molecular flexibility index (Phi) is 1.44. The second kappa shape index (κ2) is 2.27. The molecule has 2 bridgehead atoms. The van der Waals surface area contributed by atoms with Crippen molar-refractivity contribution in [2.24, 2.45) is 0 Å². The highest BCUT2D eigenvalue weighted by molar-refractivity contribution is 4.78. The Bertz CT molecular complexity index is 81.6. The van der Waals surface area contributed by atoms with E-state index < -0.39 is 0 Å². The normalized spacial score (nSPS) is 42.7. The minimum Gasteiger partial charge on any atom is -0.379 e. The van der Waals surface area contributed by atoms with E-state index in [9.17, 15) is 0 Å². The van der Waals surface area contributed by atoms with Gasteiger partial charge in [0.15, 0.2) is 0 Å². The fourth-order valence-corrected chi connectivity index (χ4v) is 1.48. The average Bonchev–Trinajstić information content (AvgIpc) is 1.54. The maximum Gasteiger partial charge on any atom is 0.0836 e. The molecule has 3 aliphatic rings. The number of fused-ring (bicyclic) bond motifs is 4. The van der Waals surface area contributed by atoms with Gasteiger partial charge in [-0.05, 0) is 12.8 Å². The van der Waals surface area contributed by atoms with Gasteiger partial charge in [0, 0.05) is 13.0 Å². The lowest BCUT2D eigenvalue weighted by molar-refractivity contribution is -0.168. The molecule has 0 radical (unpaired) electrons. The summed E-state index contributed by atoms with van der Waals surface area (Å²) in [6.07, 6.45) is 4.64. The van der Waals surface area contributed by atoms with E-state index in [2.05, 4.69) is 0 Å². The summed E-state index contributed by atoms with van der Waals surface area (Å²) < 4.78 is 10.8. The second-order valence-corrected chi connectivity index (χ2v) is 2.83. The molecule has 52 valence electrons. The van der Waals surface area contributed by atoms with E-state index in [0.717, 1.165) is 13.2 Å². The van der Waals surface area contributed by atoms with Gasteiger partial charge in [-0.1, -0.05) is 0 Å². The molecule has 2 heteroatoms. The molecule has 3 heterocycles. The molecule has 0 amide bonds. The van der Waals surface area contributed by atoms with Crippen molar-refractivity contribution < 1.29 is 9.47 Å². The molecule has 2 atom stereocenters. The summed E-state index contributed by atoms with van der Waals surface area (Å²) in [5.41, 5.74) is 0. The zero-order chi connectivity index (χ0) is 6.10. The molecular formula is C7H12O2. The van der Waals surface area contributed by atoms with E-state index in [1.54, 1.807) is 0 Å². The molecule has 0 aromatic heterocycles. The van der Waals surface area contributed by atoms with Crippen LogP contribution in [0.3, 0.4) is 0 Å². The summed E-state index contributed by atoms with van der Waals surface area (Å²) in [6.45, 7) is 1.77. The fourth-order valence-electron chi connectivity index (χ4n) is 1.48. The topological polar surface area (TPSA) is 18.5 Å². The minimum absolute atomic E-state index is 0.440. The first-order valence-electron chi connectivity index (χ1n) is 3.68. The quantitative estimate of drug-likeness (QED) is 0.483. The van der Waals surface area contributed by atoms with Crippen LogP contribution in [0, 0.1) is 0 Å². The Balaban J connectivity index is 1.85. The van der Waals surface area contributed by atoms with Crippen LogP contribution in [0.15, 0.2) is 0 Å². The SMILES string of the molecule is C1COCC2CC(C1)O2. The molecule has 0 N–H and O–H groups in total. The molecule has 0 saturated carbocycles. The van der Waals surface area contributed by atoms with Gasteiger partial charge in [-0.15, -0.1) is 0 Å². The lowest BCUT2D eigenvalue weighted by atomic mass is 10.0. The summed E-state index contributed by atoms with van der Waals surface area (Å²) in [5.74, 6) is 0. The van der Waals surface area contributed by atoms with Gasteiger partial charge in [0.2, 0.25) is 0 Å². The Hall–Kier alpha value is -0.0800. The number of hydrogen-bond donors (Lipinski definition) is 0. The van der Waals surface area contributed by atoms with Gasteiger partial charge in [-0.3, -0.25) is 0 Å². The van der Waals surface area contributed by atoms with Crippen LogP contribution in [0.25, 0.3) is 0 Å². The predicted molar refractivity (Wildman–Crippen MR) is 33.3 cm³/mol. The fraction of sp³-hybridized carbons (Fsp3) is 1.00. The predicted octanol–water partition coefficient (Wildman–Crippen LogP) is 0.954. The third-order valence-electron chi connectivity index (χ3n) is 2.03. The van der Waals surface area contributed by atoms with E-state index in [-0.39, 0.29) is 0 Å². The summed E-state index contributed by atoms with van der Waals surface area (Å²) >= 11 is 0. The van der Waals surface area contributed by atoms with Crippen molar-refractivity contribution in [3.8, 4) is 0 Å².